The normalized spacial score (nSPS) is 26.1. The maximum absolute atomic E-state index is 14.0. The molecule has 19 heavy (non-hydrogen) atoms. The molecule has 1 saturated heterocycles. The Bertz CT molecular complexity index is 469. The van der Waals surface area contributed by atoms with Crippen molar-refractivity contribution >= 4 is 5.69 Å². The van der Waals surface area contributed by atoms with Crippen LogP contribution in [0.15, 0.2) is 18.2 Å². The van der Waals surface area contributed by atoms with Crippen molar-refractivity contribution in [2.75, 3.05) is 18.0 Å². The zero-order chi connectivity index (χ0) is 13.5. The molecule has 0 radical (unpaired) electrons. The van der Waals surface area contributed by atoms with Gasteiger partial charge in [-0.05, 0) is 31.9 Å². The van der Waals surface area contributed by atoms with Crippen LogP contribution in [0.4, 0.5) is 14.5 Å². The summed E-state index contributed by atoms with van der Waals surface area (Å²) < 4.78 is 27.0. The lowest BCUT2D eigenvalue weighted by Crippen LogP contribution is -2.62. The lowest BCUT2D eigenvalue weighted by Gasteiger charge is -2.46. The van der Waals surface area contributed by atoms with Gasteiger partial charge in [0.15, 0.2) is 0 Å². The molecule has 2 nitrogen and oxygen atoms in total. The largest absolute Gasteiger partial charge is 0.363 e. The summed E-state index contributed by atoms with van der Waals surface area (Å²) in [6.07, 6.45) is 4.78. The topological polar surface area (TPSA) is 15.3 Å². The molecule has 4 heteroatoms. The first-order chi connectivity index (χ1) is 9.10. The number of piperazine rings is 1. The maximum Gasteiger partial charge on any atom is 0.149 e. The summed E-state index contributed by atoms with van der Waals surface area (Å²) >= 11 is 0. The monoisotopic (exact) mass is 266 g/mol. The van der Waals surface area contributed by atoms with E-state index < -0.39 is 11.6 Å². The van der Waals surface area contributed by atoms with E-state index >= 15 is 0 Å². The standard InChI is InChI=1S/C15H20F2N2/c1-11-9-18-15(6-2-3-7-15)10-19(11)14-5-4-12(16)8-13(14)17/h4-5,8,11,18H,2-3,6-7,9-10H2,1H3. The van der Waals surface area contributed by atoms with Crippen LogP contribution in [0, 0.1) is 11.6 Å². The van der Waals surface area contributed by atoms with Crippen LogP contribution in [0.3, 0.4) is 0 Å². The summed E-state index contributed by atoms with van der Waals surface area (Å²) in [5, 5.41) is 3.64. The van der Waals surface area contributed by atoms with E-state index in [0.29, 0.717) is 5.69 Å². The molecule has 1 atom stereocenters. The number of nitrogens with one attached hydrogen (secondary N) is 1. The highest BCUT2D eigenvalue weighted by atomic mass is 19.1. The molecule has 1 aromatic rings. The van der Waals surface area contributed by atoms with Crippen LogP contribution < -0.4 is 10.2 Å². The highest BCUT2D eigenvalue weighted by Crippen LogP contribution is 2.35. The van der Waals surface area contributed by atoms with E-state index in [2.05, 4.69) is 17.1 Å². The zero-order valence-electron chi connectivity index (χ0n) is 11.3. The van der Waals surface area contributed by atoms with Crippen molar-refractivity contribution in [3.05, 3.63) is 29.8 Å². The van der Waals surface area contributed by atoms with Crippen molar-refractivity contribution in [2.24, 2.45) is 0 Å². The first-order valence-corrected chi connectivity index (χ1v) is 7.06. The zero-order valence-corrected chi connectivity index (χ0v) is 11.3. The highest BCUT2D eigenvalue weighted by molar-refractivity contribution is 5.50. The molecule has 1 spiro atoms. The Kier molecular flexibility index (Phi) is 3.21. The third kappa shape index (κ3) is 2.34. The fourth-order valence-corrected chi connectivity index (χ4v) is 3.44. The van der Waals surface area contributed by atoms with Gasteiger partial charge < -0.3 is 10.2 Å². The first kappa shape index (κ1) is 12.9. The SMILES string of the molecule is CC1CNC2(CCCC2)CN1c1ccc(F)cc1F. The van der Waals surface area contributed by atoms with Crippen molar-refractivity contribution in [1.29, 1.82) is 0 Å². The molecule has 1 unspecified atom stereocenters. The first-order valence-electron chi connectivity index (χ1n) is 7.06. The predicted molar refractivity (Wildman–Crippen MR) is 72.4 cm³/mol. The molecule has 1 heterocycles. The molecule has 1 saturated carbocycles. The molecular formula is C15H20F2N2. The number of hydrogen-bond donors (Lipinski definition) is 1. The van der Waals surface area contributed by atoms with E-state index in [4.69, 9.17) is 0 Å². The minimum atomic E-state index is -0.514. The Hall–Kier alpha value is -1.16. The second-order valence-electron chi connectivity index (χ2n) is 5.94. The van der Waals surface area contributed by atoms with Gasteiger partial charge in [0.1, 0.15) is 11.6 Å². The van der Waals surface area contributed by atoms with Gasteiger partial charge in [-0.2, -0.15) is 0 Å². The summed E-state index contributed by atoms with van der Waals surface area (Å²) in [5.74, 6) is -0.971. The average Bonchev–Trinajstić information content (AvgIpc) is 2.82. The summed E-state index contributed by atoms with van der Waals surface area (Å²) in [6.45, 7) is 3.76. The second-order valence-corrected chi connectivity index (χ2v) is 5.94. The molecule has 0 amide bonds. The van der Waals surface area contributed by atoms with E-state index in [1.165, 1.54) is 18.9 Å². The van der Waals surface area contributed by atoms with Crippen molar-refractivity contribution in [3.8, 4) is 0 Å². The highest BCUT2D eigenvalue weighted by Gasteiger charge is 2.40. The molecule has 3 rings (SSSR count). The number of nitrogens with zero attached hydrogens (tertiary/aromatic N) is 1. The van der Waals surface area contributed by atoms with Crippen LogP contribution in [0.25, 0.3) is 0 Å². The van der Waals surface area contributed by atoms with E-state index in [1.807, 2.05) is 0 Å². The lowest BCUT2D eigenvalue weighted by molar-refractivity contribution is 0.275. The fraction of sp³-hybridized carbons (Fsp3) is 0.600. The number of rotatable bonds is 1. The van der Waals surface area contributed by atoms with Gasteiger partial charge >= 0.3 is 0 Å². The van der Waals surface area contributed by atoms with Gasteiger partial charge in [-0.15, -0.1) is 0 Å². The smallest absolute Gasteiger partial charge is 0.149 e. The molecule has 2 fully saturated rings. The molecule has 104 valence electrons. The van der Waals surface area contributed by atoms with Gasteiger partial charge in [0.2, 0.25) is 0 Å². The number of hydrogen-bond acceptors (Lipinski definition) is 2. The fourth-order valence-electron chi connectivity index (χ4n) is 3.44. The minimum absolute atomic E-state index is 0.132. The van der Waals surface area contributed by atoms with Gasteiger partial charge in [-0.1, -0.05) is 12.8 Å². The van der Waals surface area contributed by atoms with Crippen molar-refractivity contribution < 1.29 is 8.78 Å². The van der Waals surface area contributed by atoms with Crippen LogP contribution in [0.2, 0.25) is 0 Å². The van der Waals surface area contributed by atoms with Gasteiger partial charge in [0.05, 0.1) is 5.69 Å². The summed E-state index contributed by atoms with van der Waals surface area (Å²) in [5.41, 5.74) is 0.662. The molecule has 0 aromatic heterocycles. The minimum Gasteiger partial charge on any atom is -0.363 e. The van der Waals surface area contributed by atoms with Crippen molar-refractivity contribution in [2.45, 2.75) is 44.2 Å². The molecule has 1 N–H and O–H groups in total. The summed E-state index contributed by atoms with van der Waals surface area (Å²) in [7, 11) is 0. The van der Waals surface area contributed by atoms with E-state index in [1.54, 1.807) is 6.07 Å². The Morgan fingerprint density at radius 2 is 2.00 bits per heavy atom. The Morgan fingerprint density at radius 1 is 1.26 bits per heavy atom. The molecule has 1 aliphatic heterocycles. The Balaban J connectivity index is 1.89. The summed E-state index contributed by atoms with van der Waals surface area (Å²) in [4.78, 5) is 2.09. The summed E-state index contributed by atoms with van der Waals surface area (Å²) in [6, 6.07) is 4.11. The Morgan fingerprint density at radius 3 is 2.68 bits per heavy atom. The van der Waals surface area contributed by atoms with Crippen LogP contribution in [-0.4, -0.2) is 24.7 Å². The van der Waals surface area contributed by atoms with Gasteiger partial charge in [-0.25, -0.2) is 8.78 Å². The predicted octanol–water partition coefficient (Wildman–Crippen LogP) is 3.08. The average molecular weight is 266 g/mol. The van der Waals surface area contributed by atoms with Crippen LogP contribution >= 0.6 is 0 Å². The van der Waals surface area contributed by atoms with E-state index in [9.17, 15) is 8.78 Å². The quantitative estimate of drug-likeness (QED) is 0.840. The number of benzene rings is 1. The van der Waals surface area contributed by atoms with Gasteiger partial charge in [-0.3, -0.25) is 0 Å². The Labute approximate surface area is 112 Å². The van der Waals surface area contributed by atoms with Crippen LogP contribution in [-0.2, 0) is 0 Å². The molecular weight excluding hydrogens is 246 g/mol. The molecule has 0 bridgehead atoms. The van der Waals surface area contributed by atoms with Crippen LogP contribution in [0.5, 0.6) is 0 Å². The van der Waals surface area contributed by atoms with Gasteiger partial charge in [0.25, 0.3) is 0 Å². The van der Waals surface area contributed by atoms with E-state index in [-0.39, 0.29) is 11.6 Å². The second kappa shape index (κ2) is 4.75. The molecule has 2 aliphatic rings. The number of halogens is 2. The maximum atomic E-state index is 14.0. The third-order valence-electron chi connectivity index (χ3n) is 4.56. The van der Waals surface area contributed by atoms with E-state index in [0.717, 1.165) is 32.0 Å². The lowest BCUT2D eigenvalue weighted by atomic mass is 9.92. The van der Waals surface area contributed by atoms with Crippen molar-refractivity contribution in [3.63, 3.8) is 0 Å². The number of anilines is 1. The molecule has 1 aliphatic carbocycles. The van der Waals surface area contributed by atoms with Crippen LogP contribution in [0.1, 0.15) is 32.6 Å². The molecule has 1 aromatic carbocycles. The van der Waals surface area contributed by atoms with Gasteiger partial charge in [0, 0.05) is 30.7 Å². The van der Waals surface area contributed by atoms with Crippen molar-refractivity contribution in [1.82, 2.24) is 5.32 Å². The third-order valence-corrected chi connectivity index (χ3v) is 4.56.